The third-order valence-electron chi connectivity index (χ3n) is 3.56. The largest absolute Gasteiger partial charge is 0.368 e. The second-order valence-corrected chi connectivity index (χ2v) is 5.51. The van der Waals surface area contributed by atoms with Crippen molar-refractivity contribution >= 4 is 23.4 Å². The fourth-order valence-corrected chi connectivity index (χ4v) is 2.68. The second-order valence-electron chi connectivity index (χ2n) is 4.63. The summed E-state index contributed by atoms with van der Waals surface area (Å²) in [5.74, 6) is -0.0478. The molecule has 2 rings (SSSR count). The zero-order valence-corrected chi connectivity index (χ0v) is 12.2. The van der Waals surface area contributed by atoms with Crippen molar-refractivity contribution in [2.24, 2.45) is 0 Å². The van der Waals surface area contributed by atoms with E-state index in [4.69, 9.17) is 4.74 Å². The SMILES string of the molecule is COC1(C(=O)Nc2ccc(SC)cc2)CCNCC1. The molecule has 5 heteroatoms. The van der Waals surface area contributed by atoms with Crippen molar-refractivity contribution in [1.82, 2.24) is 5.32 Å². The standard InChI is InChI=1S/C14H20N2O2S/c1-18-14(7-9-15-10-8-14)13(17)16-11-3-5-12(19-2)6-4-11/h3-6,15H,7-10H2,1-2H3,(H,16,17). The van der Waals surface area contributed by atoms with Crippen LogP contribution in [0.2, 0.25) is 0 Å². The van der Waals surface area contributed by atoms with Gasteiger partial charge in [0.2, 0.25) is 0 Å². The minimum Gasteiger partial charge on any atom is -0.368 e. The molecule has 1 aliphatic heterocycles. The van der Waals surface area contributed by atoms with Gasteiger partial charge in [-0.15, -0.1) is 11.8 Å². The molecule has 1 aromatic carbocycles. The first-order valence-corrected chi connectivity index (χ1v) is 7.64. The van der Waals surface area contributed by atoms with Crippen LogP contribution in [-0.2, 0) is 9.53 Å². The molecule has 4 nitrogen and oxygen atoms in total. The van der Waals surface area contributed by atoms with E-state index in [0.717, 1.165) is 18.8 Å². The molecule has 2 N–H and O–H groups in total. The van der Waals surface area contributed by atoms with Crippen molar-refractivity contribution in [3.8, 4) is 0 Å². The Hall–Kier alpha value is -1.04. The van der Waals surface area contributed by atoms with Gasteiger partial charge in [0.05, 0.1) is 0 Å². The van der Waals surface area contributed by atoms with Crippen LogP contribution in [0.4, 0.5) is 5.69 Å². The van der Waals surface area contributed by atoms with Crippen molar-refractivity contribution in [3.05, 3.63) is 24.3 Å². The number of ether oxygens (including phenoxy) is 1. The maximum absolute atomic E-state index is 12.4. The number of carbonyl (C=O) groups excluding carboxylic acids is 1. The number of rotatable bonds is 4. The number of hydrogen-bond acceptors (Lipinski definition) is 4. The highest BCUT2D eigenvalue weighted by molar-refractivity contribution is 7.98. The summed E-state index contributed by atoms with van der Waals surface area (Å²) in [4.78, 5) is 13.6. The molecule has 0 radical (unpaired) electrons. The zero-order chi connectivity index (χ0) is 13.7. The lowest BCUT2D eigenvalue weighted by atomic mass is 9.91. The van der Waals surface area contributed by atoms with E-state index in [1.165, 1.54) is 4.90 Å². The summed E-state index contributed by atoms with van der Waals surface area (Å²) < 4.78 is 5.50. The van der Waals surface area contributed by atoms with Gasteiger partial charge in [-0.3, -0.25) is 4.79 Å². The van der Waals surface area contributed by atoms with Crippen LogP contribution in [0.25, 0.3) is 0 Å². The Morgan fingerprint density at radius 1 is 1.32 bits per heavy atom. The fourth-order valence-electron chi connectivity index (χ4n) is 2.27. The van der Waals surface area contributed by atoms with Crippen molar-refractivity contribution < 1.29 is 9.53 Å². The van der Waals surface area contributed by atoms with Crippen LogP contribution >= 0.6 is 11.8 Å². The Bertz CT molecular complexity index is 428. The average molecular weight is 280 g/mol. The van der Waals surface area contributed by atoms with E-state index in [9.17, 15) is 4.79 Å². The normalized spacial score (nSPS) is 18.0. The summed E-state index contributed by atoms with van der Waals surface area (Å²) in [7, 11) is 1.61. The zero-order valence-electron chi connectivity index (χ0n) is 11.4. The molecule has 1 heterocycles. The molecule has 104 valence electrons. The molecule has 0 bridgehead atoms. The number of methoxy groups -OCH3 is 1. The van der Waals surface area contributed by atoms with Crippen LogP contribution in [0.1, 0.15) is 12.8 Å². The summed E-state index contributed by atoms with van der Waals surface area (Å²) in [6.45, 7) is 1.62. The van der Waals surface area contributed by atoms with Gasteiger partial charge in [0.25, 0.3) is 5.91 Å². The number of amides is 1. The summed E-state index contributed by atoms with van der Waals surface area (Å²) in [5.41, 5.74) is 0.126. The first-order chi connectivity index (χ1) is 9.20. The summed E-state index contributed by atoms with van der Waals surface area (Å²) in [5, 5.41) is 6.20. The Morgan fingerprint density at radius 3 is 2.47 bits per heavy atom. The van der Waals surface area contributed by atoms with E-state index in [1.807, 2.05) is 30.5 Å². The lowest BCUT2D eigenvalue weighted by molar-refractivity contribution is -0.140. The van der Waals surface area contributed by atoms with Crippen LogP contribution in [0.15, 0.2) is 29.2 Å². The Balaban J connectivity index is 2.05. The molecule has 0 aromatic heterocycles. The van der Waals surface area contributed by atoms with E-state index in [2.05, 4.69) is 10.6 Å². The summed E-state index contributed by atoms with van der Waals surface area (Å²) >= 11 is 1.68. The van der Waals surface area contributed by atoms with Gasteiger partial charge in [-0.25, -0.2) is 0 Å². The first kappa shape index (κ1) is 14.4. The molecule has 0 aliphatic carbocycles. The molecule has 19 heavy (non-hydrogen) atoms. The van der Waals surface area contributed by atoms with Crippen LogP contribution in [0.5, 0.6) is 0 Å². The van der Waals surface area contributed by atoms with Gasteiger partial charge >= 0.3 is 0 Å². The van der Waals surface area contributed by atoms with Gasteiger partial charge in [-0.2, -0.15) is 0 Å². The topological polar surface area (TPSA) is 50.4 Å². The molecule has 0 saturated carbocycles. The first-order valence-electron chi connectivity index (χ1n) is 6.41. The molecule has 1 aromatic rings. The minimum absolute atomic E-state index is 0.0478. The van der Waals surface area contributed by atoms with Crippen LogP contribution in [-0.4, -0.2) is 38.0 Å². The molecule has 0 atom stereocenters. The predicted molar refractivity (Wildman–Crippen MR) is 78.7 cm³/mol. The Labute approximate surface area is 118 Å². The monoisotopic (exact) mass is 280 g/mol. The number of thioether (sulfide) groups is 1. The van der Waals surface area contributed by atoms with E-state index >= 15 is 0 Å². The van der Waals surface area contributed by atoms with Gasteiger partial charge in [-0.05, 0) is 56.5 Å². The number of anilines is 1. The van der Waals surface area contributed by atoms with Gasteiger partial charge < -0.3 is 15.4 Å². The van der Waals surface area contributed by atoms with Gasteiger partial charge in [0, 0.05) is 17.7 Å². The molecule has 0 spiro atoms. The lowest BCUT2D eigenvalue weighted by Gasteiger charge is -2.34. The van der Waals surface area contributed by atoms with E-state index in [1.54, 1.807) is 18.9 Å². The minimum atomic E-state index is -0.691. The highest BCUT2D eigenvalue weighted by atomic mass is 32.2. The van der Waals surface area contributed by atoms with Crippen molar-refractivity contribution in [1.29, 1.82) is 0 Å². The van der Waals surface area contributed by atoms with Crippen molar-refractivity contribution in [2.75, 3.05) is 31.8 Å². The van der Waals surface area contributed by atoms with E-state index < -0.39 is 5.60 Å². The number of carbonyl (C=O) groups is 1. The van der Waals surface area contributed by atoms with Crippen molar-refractivity contribution in [3.63, 3.8) is 0 Å². The molecule has 1 aliphatic rings. The molecular formula is C14H20N2O2S. The van der Waals surface area contributed by atoms with E-state index in [-0.39, 0.29) is 5.91 Å². The number of hydrogen-bond donors (Lipinski definition) is 2. The predicted octanol–water partition coefficient (Wildman–Crippen LogP) is 2.12. The lowest BCUT2D eigenvalue weighted by Crippen LogP contribution is -2.51. The molecule has 1 saturated heterocycles. The second kappa shape index (κ2) is 6.41. The maximum Gasteiger partial charge on any atom is 0.256 e. The van der Waals surface area contributed by atoms with Crippen molar-refractivity contribution in [2.45, 2.75) is 23.3 Å². The molecule has 0 unspecified atom stereocenters. The Kier molecular flexibility index (Phi) is 4.85. The number of piperidine rings is 1. The van der Waals surface area contributed by atoms with Crippen LogP contribution in [0, 0.1) is 0 Å². The molecule has 1 amide bonds. The fraction of sp³-hybridized carbons (Fsp3) is 0.500. The average Bonchev–Trinajstić information content (AvgIpc) is 2.48. The summed E-state index contributed by atoms with van der Waals surface area (Å²) in [6, 6.07) is 7.85. The highest BCUT2D eigenvalue weighted by Gasteiger charge is 2.39. The van der Waals surface area contributed by atoms with E-state index in [0.29, 0.717) is 12.8 Å². The third kappa shape index (κ3) is 3.29. The third-order valence-corrected chi connectivity index (χ3v) is 4.31. The summed E-state index contributed by atoms with van der Waals surface area (Å²) in [6.07, 6.45) is 3.44. The number of nitrogens with one attached hydrogen (secondary N) is 2. The number of benzene rings is 1. The molecule has 1 fully saturated rings. The van der Waals surface area contributed by atoms with Crippen LogP contribution < -0.4 is 10.6 Å². The van der Waals surface area contributed by atoms with Gasteiger partial charge in [0.15, 0.2) is 0 Å². The quantitative estimate of drug-likeness (QED) is 0.830. The maximum atomic E-state index is 12.4. The molecular weight excluding hydrogens is 260 g/mol. The smallest absolute Gasteiger partial charge is 0.256 e. The van der Waals surface area contributed by atoms with Crippen LogP contribution in [0.3, 0.4) is 0 Å². The highest BCUT2D eigenvalue weighted by Crippen LogP contribution is 2.25. The van der Waals surface area contributed by atoms with Gasteiger partial charge in [-0.1, -0.05) is 0 Å². The Morgan fingerprint density at radius 2 is 1.95 bits per heavy atom. The van der Waals surface area contributed by atoms with Gasteiger partial charge in [0.1, 0.15) is 5.60 Å².